The van der Waals surface area contributed by atoms with Gasteiger partial charge in [-0.3, -0.25) is 0 Å². The van der Waals surface area contributed by atoms with Crippen molar-refractivity contribution in [1.82, 2.24) is 19.5 Å². The van der Waals surface area contributed by atoms with Crippen LogP contribution < -0.4 is 0 Å². The summed E-state index contributed by atoms with van der Waals surface area (Å²) in [4.78, 5) is 14.7. The van der Waals surface area contributed by atoms with Crippen LogP contribution >= 0.6 is 0 Å². The molecule has 0 aliphatic heterocycles. The average Bonchev–Trinajstić information content (AvgIpc) is 3.57. The highest BCUT2D eigenvalue weighted by Crippen LogP contribution is 2.54. The topological polar surface area (TPSA) is 67.4 Å². The Labute approximate surface area is 328 Å². The van der Waals surface area contributed by atoms with Crippen molar-refractivity contribution in [2.45, 2.75) is 51.4 Å². The molecule has 8 aromatic rings. The van der Waals surface area contributed by atoms with E-state index in [1.54, 1.807) is 17.7 Å². The standard InChI is InChI=1S/C51H43N5/c1-33-26-36-27-34(2)30-51(29-33,31-36)42-21-16-37(17-22-42)41-20-25-47-45(28-41)44-10-6-7-11-46(44)56(47)43-23-18-40(19-24-43)50-54-48(38-8-4-3-5-9-38)53-49(55-50)39-14-12-35(32-52)13-15-39/h3-25,28,33-34,36H,26-27,29-31H2,1-2H3/t33-,34+,36?,51?. The first-order valence-corrected chi connectivity index (χ1v) is 20.0. The number of aromatic nitrogens is 4. The largest absolute Gasteiger partial charge is 0.309 e. The molecule has 6 aromatic carbocycles. The van der Waals surface area contributed by atoms with Crippen LogP contribution in [-0.2, 0) is 5.41 Å². The Morgan fingerprint density at radius 2 is 1.07 bits per heavy atom. The van der Waals surface area contributed by atoms with Crippen molar-refractivity contribution in [1.29, 1.82) is 5.26 Å². The molecular weight excluding hydrogens is 683 g/mol. The van der Waals surface area contributed by atoms with Gasteiger partial charge in [-0.05, 0) is 139 Å². The third-order valence-electron chi connectivity index (χ3n) is 12.5. The summed E-state index contributed by atoms with van der Waals surface area (Å²) >= 11 is 0. The van der Waals surface area contributed by atoms with E-state index in [0.29, 0.717) is 28.5 Å². The van der Waals surface area contributed by atoms with Gasteiger partial charge in [0, 0.05) is 33.2 Å². The van der Waals surface area contributed by atoms with Gasteiger partial charge in [0.2, 0.25) is 0 Å². The molecule has 2 aliphatic carbocycles. The summed E-state index contributed by atoms with van der Waals surface area (Å²) < 4.78 is 2.36. The summed E-state index contributed by atoms with van der Waals surface area (Å²) in [7, 11) is 0. The lowest BCUT2D eigenvalue weighted by Crippen LogP contribution is -2.42. The van der Waals surface area contributed by atoms with Crippen LogP contribution in [0.4, 0.5) is 0 Å². The third-order valence-corrected chi connectivity index (χ3v) is 12.5. The Bertz CT molecular complexity index is 2740. The van der Waals surface area contributed by atoms with E-state index in [9.17, 15) is 5.26 Å². The molecule has 2 fully saturated rings. The lowest BCUT2D eigenvalue weighted by molar-refractivity contribution is 0.0780. The van der Waals surface area contributed by atoms with Crippen LogP contribution in [0.1, 0.15) is 57.1 Å². The molecule has 0 spiro atoms. The normalized spacial score (nSPS) is 20.6. The van der Waals surface area contributed by atoms with Crippen molar-refractivity contribution in [3.63, 3.8) is 0 Å². The van der Waals surface area contributed by atoms with Gasteiger partial charge in [0.25, 0.3) is 0 Å². The fourth-order valence-corrected chi connectivity index (χ4v) is 10.3. The van der Waals surface area contributed by atoms with Crippen LogP contribution in [0.15, 0.2) is 146 Å². The van der Waals surface area contributed by atoms with E-state index in [-0.39, 0.29) is 0 Å². The first kappa shape index (κ1) is 34.1. The highest BCUT2D eigenvalue weighted by atomic mass is 15.0. The summed E-state index contributed by atoms with van der Waals surface area (Å²) in [5.74, 6) is 4.26. The van der Waals surface area contributed by atoms with Gasteiger partial charge in [-0.1, -0.05) is 92.7 Å². The van der Waals surface area contributed by atoms with Gasteiger partial charge in [-0.15, -0.1) is 0 Å². The average molecular weight is 726 g/mol. The smallest absolute Gasteiger partial charge is 0.164 e. The number of nitriles is 1. The molecule has 0 amide bonds. The molecule has 2 heterocycles. The van der Waals surface area contributed by atoms with Gasteiger partial charge in [-0.25, -0.2) is 15.0 Å². The molecular formula is C51H43N5. The van der Waals surface area contributed by atoms with Gasteiger partial charge in [-0.2, -0.15) is 5.26 Å². The van der Waals surface area contributed by atoms with Crippen molar-refractivity contribution in [3.8, 4) is 57.0 Å². The molecule has 0 N–H and O–H groups in total. The minimum Gasteiger partial charge on any atom is -0.309 e. The Balaban J connectivity index is 1.00. The van der Waals surface area contributed by atoms with Crippen molar-refractivity contribution < 1.29 is 0 Å². The Morgan fingerprint density at radius 1 is 0.536 bits per heavy atom. The Hall–Kier alpha value is -6.38. The van der Waals surface area contributed by atoms with Crippen LogP contribution in [0.2, 0.25) is 0 Å². The van der Waals surface area contributed by atoms with Gasteiger partial charge in [0.05, 0.1) is 22.7 Å². The molecule has 5 heteroatoms. The van der Waals surface area contributed by atoms with Gasteiger partial charge < -0.3 is 4.57 Å². The SMILES string of the molecule is C[C@@H]1CC2C[C@H](C)CC(c3ccc(-c4ccc5c(c4)c4ccccc4n5-c4ccc(-c5nc(-c6ccccc6)nc(-c6ccc(C#N)cc6)n5)cc4)cc3)(C2)C1. The van der Waals surface area contributed by atoms with Crippen LogP contribution in [0.25, 0.3) is 72.8 Å². The number of hydrogen-bond donors (Lipinski definition) is 0. The molecule has 2 bridgehead atoms. The minimum atomic E-state index is 0.340. The second kappa shape index (κ2) is 13.7. The van der Waals surface area contributed by atoms with Crippen LogP contribution in [0, 0.1) is 29.1 Å². The lowest BCUT2D eigenvalue weighted by atomic mass is 9.54. The number of rotatable bonds is 6. The van der Waals surface area contributed by atoms with E-state index in [0.717, 1.165) is 40.1 Å². The first-order chi connectivity index (χ1) is 27.4. The lowest BCUT2D eigenvalue weighted by Gasteiger charge is -2.50. The van der Waals surface area contributed by atoms with E-state index in [2.05, 4.69) is 115 Å². The van der Waals surface area contributed by atoms with Crippen molar-refractivity contribution >= 4 is 21.8 Å². The maximum Gasteiger partial charge on any atom is 0.164 e. The number of nitrogens with zero attached hydrogens (tertiary/aromatic N) is 5. The molecule has 0 saturated heterocycles. The molecule has 0 radical (unpaired) electrons. The summed E-state index contributed by atoms with van der Waals surface area (Å²) in [6.45, 7) is 4.94. The predicted octanol–water partition coefficient (Wildman–Crippen LogP) is 12.6. The summed E-state index contributed by atoms with van der Waals surface area (Å²) in [6, 6.07) is 53.3. The zero-order valence-electron chi connectivity index (χ0n) is 31.9. The van der Waals surface area contributed by atoms with Crippen molar-refractivity contribution in [3.05, 3.63) is 157 Å². The molecule has 2 unspecified atom stereocenters. The van der Waals surface area contributed by atoms with Crippen molar-refractivity contribution in [2.24, 2.45) is 17.8 Å². The van der Waals surface area contributed by atoms with E-state index >= 15 is 0 Å². The highest BCUT2D eigenvalue weighted by molar-refractivity contribution is 6.10. The summed E-state index contributed by atoms with van der Waals surface area (Å²) in [5.41, 5.74) is 11.1. The number of para-hydroxylation sites is 1. The Morgan fingerprint density at radius 3 is 1.71 bits per heavy atom. The van der Waals surface area contributed by atoms with Gasteiger partial charge in [0.1, 0.15) is 0 Å². The second-order valence-electron chi connectivity index (χ2n) is 16.5. The van der Waals surface area contributed by atoms with E-state index in [4.69, 9.17) is 15.0 Å². The van der Waals surface area contributed by atoms with E-state index < -0.39 is 0 Å². The molecule has 4 atom stereocenters. The number of hydrogen-bond acceptors (Lipinski definition) is 4. The molecule has 10 rings (SSSR count). The predicted molar refractivity (Wildman–Crippen MR) is 227 cm³/mol. The van der Waals surface area contributed by atoms with E-state index in [1.165, 1.54) is 65.0 Å². The fraction of sp³-hybridized carbons (Fsp3) is 0.216. The number of fused-ring (bicyclic) bond motifs is 5. The second-order valence-corrected chi connectivity index (χ2v) is 16.5. The zero-order chi connectivity index (χ0) is 37.8. The number of benzene rings is 6. The minimum absolute atomic E-state index is 0.340. The molecule has 2 saturated carbocycles. The van der Waals surface area contributed by atoms with Crippen molar-refractivity contribution in [2.75, 3.05) is 0 Å². The molecule has 2 aromatic heterocycles. The van der Waals surface area contributed by atoms with Crippen LogP contribution in [-0.4, -0.2) is 19.5 Å². The molecule has 5 nitrogen and oxygen atoms in total. The zero-order valence-corrected chi connectivity index (χ0v) is 31.9. The summed E-state index contributed by atoms with van der Waals surface area (Å²) in [5, 5.41) is 11.8. The van der Waals surface area contributed by atoms with Gasteiger partial charge >= 0.3 is 0 Å². The highest BCUT2D eigenvalue weighted by Gasteiger charge is 2.45. The molecule has 2 aliphatic rings. The van der Waals surface area contributed by atoms with Gasteiger partial charge in [0.15, 0.2) is 17.5 Å². The quantitative estimate of drug-likeness (QED) is 0.171. The van der Waals surface area contributed by atoms with Crippen LogP contribution in [0.3, 0.4) is 0 Å². The maximum atomic E-state index is 9.34. The van der Waals surface area contributed by atoms with E-state index in [1.807, 2.05) is 42.5 Å². The summed E-state index contributed by atoms with van der Waals surface area (Å²) in [6.07, 6.45) is 6.81. The maximum absolute atomic E-state index is 9.34. The Kier molecular flexibility index (Phi) is 8.37. The molecule has 272 valence electrons. The van der Waals surface area contributed by atoms with Crippen LogP contribution in [0.5, 0.6) is 0 Å². The first-order valence-electron chi connectivity index (χ1n) is 20.0. The molecule has 56 heavy (non-hydrogen) atoms. The fourth-order valence-electron chi connectivity index (χ4n) is 10.3. The monoisotopic (exact) mass is 725 g/mol. The third kappa shape index (κ3) is 6.07.